The third-order valence-electron chi connectivity index (χ3n) is 1.47. The topological polar surface area (TPSA) is 64.4 Å². The van der Waals surface area contributed by atoms with Crippen molar-refractivity contribution < 1.29 is 14.4 Å². The van der Waals surface area contributed by atoms with Gasteiger partial charge < -0.3 is 4.72 Å². The fourth-order valence-electron chi connectivity index (χ4n) is 0.889. The fourth-order valence-corrected chi connectivity index (χ4v) is 1.27. The molecule has 5 nitrogen and oxygen atoms in total. The van der Waals surface area contributed by atoms with Gasteiger partial charge in [-0.1, -0.05) is 11.9 Å². The van der Waals surface area contributed by atoms with E-state index in [-0.39, 0.29) is 17.1 Å². The number of halogens is 1. The van der Waals surface area contributed by atoms with Crippen molar-refractivity contribution in [2.45, 2.75) is 0 Å². The highest BCUT2D eigenvalue weighted by Crippen LogP contribution is 2.30. The number of nitro groups is 1. The molecule has 0 unspecified atom stereocenters. The van der Waals surface area contributed by atoms with E-state index >= 15 is 0 Å². The average Bonchev–Trinajstić information content (AvgIpc) is 2.18. The van der Waals surface area contributed by atoms with Crippen LogP contribution in [0.4, 0.5) is 15.9 Å². The Labute approximate surface area is 83.4 Å². The third-order valence-corrected chi connectivity index (χ3v) is 1.89. The lowest BCUT2D eigenvalue weighted by Gasteiger charge is -2.04. The number of hydrogen-bond acceptors (Lipinski definition) is 5. The number of benzene rings is 1. The van der Waals surface area contributed by atoms with E-state index in [4.69, 9.17) is 0 Å². The Morgan fingerprint density at radius 1 is 1.64 bits per heavy atom. The van der Waals surface area contributed by atoms with E-state index in [1.807, 2.05) is 0 Å². The van der Waals surface area contributed by atoms with Gasteiger partial charge in [-0.2, -0.15) is 0 Å². The highest BCUT2D eigenvalue weighted by atomic mass is 32.2. The Morgan fingerprint density at radius 3 is 2.86 bits per heavy atom. The van der Waals surface area contributed by atoms with Gasteiger partial charge in [-0.05, 0) is 6.07 Å². The minimum absolute atomic E-state index is 0.0787. The van der Waals surface area contributed by atoms with E-state index < -0.39 is 4.92 Å². The van der Waals surface area contributed by atoms with Gasteiger partial charge in [0.25, 0.3) is 5.69 Å². The standard InChI is InChI=1S/C7H7FN2O3S/c1-14-9-6-4-5(10(11)12)2-3-7(6)13-8/h2-4,9H,1H3. The lowest BCUT2D eigenvalue weighted by Crippen LogP contribution is -1.93. The summed E-state index contributed by atoms with van der Waals surface area (Å²) in [5, 5.41) is 10.4. The molecule has 76 valence electrons. The Hall–Kier alpha value is -1.50. The molecule has 1 N–H and O–H groups in total. The summed E-state index contributed by atoms with van der Waals surface area (Å²) in [5.41, 5.74) is 0.108. The minimum atomic E-state index is -0.562. The highest BCUT2D eigenvalue weighted by Gasteiger charge is 2.11. The summed E-state index contributed by atoms with van der Waals surface area (Å²) in [4.78, 5) is 13.4. The molecule has 14 heavy (non-hydrogen) atoms. The lowest BCUT2D eigenvalue weighted by molar-refractivity contribution is -0.384. The molecule has 1 aromatic rings. The first-order chi connectivity index (χ1) is 6.69. The summed E-state index contributed by atoms with van der Waals surface area (Å²) in [6.45, 7) is 0. The summed E-state index contributed by atoms with van der Waals surface area (Å²) in [6.07, 6.45) is 1.71. The molecule has 0 bridgehead atoms. The molecule has 1 rings (SSSR count). The van der Waals surface area contributed by atoms with Crippen molar-refractivity contribution in [3.8, 4) is 5.75 Å². The van der Waals surface area contributed by atoms with Gasteiger partial charge in [0.15, 0.2) is 5.75 Å². The van der Waals surface area contributed by atoms with Crippen LogP contribution in [-0.2, 0) is 0 Å². The molecule has 0 fully saturated rings. The number of rotatable bonds is 4. The Morgan fingerprint density at radius 2 is 2.36 bits per heavy atom. The zero-order valence-electron chi connectivity index (χ0n) is 7.19. The molecule has 0 saturated heterocycles. The number of nitrogens with one attached hydrogen (secondary N) is 1. The monoisotopic (exact) mass is 218 g/mol. The van der Waals surface area contributed by atoms with Crippen molar-refractivity contribution in [3.05, 3.63) is 28.3 Å². The van der Waals surface area contributed by atoms with Crippen molar-refractivity contribution in [1.29, 1.82) is 0 Å². The predicted octanol–water partition coefficient (Wildman–Crippen LogP) is 2.55. The molecule has 0 aromatic heterocycles. The largest absolute Gasteiger partial charge is 0.327 e. The van der Waals surface area contributed by atoms with Crippen LogP contribution in [-0.4, -0.2) is 11.2 Å². The molecule has 0 aliphatic heterocycles. The zero-order valence-corrected chi connectivity index (χ0v) is 8.01. The van der Waals surface area contributed by atoms with E-state index in [1.165, 1.54) is 30.1 Å². The molecule has 1 aromatic carbocycles. The summed E-state index contributed by atoms with van der Waals surface area (Å²) in [6, 6.07) is 3.56. The third kappa shape index (κ3) is 2.25. The maximum Gasteiger partial charge on any atom is 0.271 e. The lowest BCUT2D eigenvalue weighted by atomic mass is 10.2. The number of hydrogen-bond donors (Lipinski definition) is 1. The van der Waals surface area contributed by atoms with Gasteiger partial charge in [-0.15, -0.1) is 0 Å². The first-order valence-corrected chi connectivity index (χ1v) is 4.77. The maximum atomic E-state index is 11.9. The summed E-state index contributed by atoms with van der Waals surface area (Å²) in [5.74, 6) is -0.0787. The van der Waals surface area contributed by atoms with E-state index in [0.717, 1.165) is 0 Å². The molecule has 0 radical (unpaired) electrons. The molecule has 0 aliphatic rings. The second-order valence-electron chi connectivity index (χ2n) is 2.32. The van der Waals surface area contributed by atoms with Gasteiger partial charge >= 0.3 is 0 Å². The van der Waals surface area contributed by atoms with Crippen LogP contribution in [0.2, 0.25) is 0 Å². The molecule has 0 heterocycles. The van der Waals surface area contributed by atoms with Crippen LogP contribution in [0.25, 0.3) is 0 Å². The Kier molecular flexibility index (Phi) is 3.52. The van der Waals surface area contributed by atoms with Crippen molar-refractivity contribution in [2.24, 2.45) is 0 Å². The van der Waals surface area contributed by atoms with Crippen LogP contribution < -0.4 is 9.66 Å². The van der Waals surface area contributed by atoms with Gasteiger partial charge in [-0.3, -0.25) is 15.1 Å². The van der Waals surface area contributed by atoms with Crippen LogP contribution in [0.3, 0.4) is 0 Å². The predicted molar refractivity (Wildman–Crippen MR) is 52.0 cm³/mol. The smallest absolute Gasteiger partial charge is 0.271 e. The van der Waals surface area contributed by atoms with Crippen LogP contribution in [0.1, 0.15) is 0 Å². The fraction of sp³-hybridized carbons (Fsp3) is 0.143. The second kappa shape index (κ2) is 4.66. The Bertz CT molecular complexity index is 348. The Balaban J connectivity index is 3.07. The van der Waals surface area contributed by atoms with E-state index in [0.29, 0.717) is 0 Å². The van der Waals surface area contributed by atoms with Gasteiger partial charge in [0.1, 0.15) is 0 Å². The molecule has 0 saturated carbocycles. The second-order valence-corrected chi connectivity index (χ2v) is 2.93. The first-order valence-electron chi connectivity index (χ1n) is 3.55. The van der Waals surface area contributed by atoms with Crippen molar-refractivity contribution in [2.75, 3.05) is 11.0 Å². The van der Waals surface area contributed by atoms with E-state index in [2.05, 4.69) is 9.66 Å². The van der Waals surface area contributed by atoms with Gasteiger partial charge in [-0.25, -0.2) is 0 Å². The van der Waals surface area contributed by atoms with Gasteiger partial charge in [0, 0.05) is 22.9 Å². The maximum absolute atomic E-state index is 11.9. The number of non-ortho nitro benzene ring substituents is 1. The van der Waals surface area contributed by atoms with Gasteiger partial charge in [0.2, 0.25) is 0 Å². The molecule has 0 spiro atoms. The quantitative estimate of drug-likeness (QED) is 0.478. The molecular weight excluding hydrogens is 211 g/mol. The number of nitro benzene ring substituents is 1. The summed E-state index contributed by atoms with van der Waals surface area (Å²) in [7, 11) is 0. The average molecular weight is 218 g/mol. The van der Waals surface area contributed by atoms with Gasteiger partial charge in [0.05, 0.1) is 10.6 Å². The molecule has 0 aliphatic carbocycles. The zero-order chi connectivity index (χ0) is 10.6. The number of nitrogens with zero attached hydrogens (tertiary/aromatic N) is 1. The van der Waals surface area contributed by atoms with E-state index in [9.17, 15) is 14.6 Å². The minimum Gasteiger partial charge on any atom is -0.327 e. The van der Waals surface area contributed by atoms with Crippen molar-refractivity contribution in [3.63, 3.8) is 0 Å². The normalized spacial score (nSPS) is 9.57. The molecule has 0 atom stereocenters. The summed E-state index contributed by atoms with van der Waals surface area (Å²) >= 11 is 1.19. The van der Waals surface area contributed by atoms with E-state index in [1.54, 1.807) is 6.26 Å². The van der Waals surface area contributed by atoms with Crippen LogP contribution in [0.15, 0.2) is 18.2 Å². The van der Waals surface area contributed by atoms with Crippen LogP contribution in [0.5, 0.6) is 5.75 Å². The van der Waals surface area contributed by atoms with Crippen molar-refractivity contribution >= 4 is 23.3 Å². The molecule has 7 heteroatoms. The van der Waals surface area contributed by atoms with Crippen molar-refractivity contribution in [1.82, 2.24) is 0 Å². The SMILES string of the molecule is CSNc1cc([N+](=O)[O-])ccc1OF. The summed E-state index contributed by atoms with van der Waals surface area (Å²) < 4.78 is 14.6. The molecular formula is C7H7FN2O3S. The molecule has 0 amide bonds. The number of anilines is 1. The first kappa shape index (κ1) is 10.6. The highest BCUT2D eigenvalue weighted by molar-refractivity contribution is 7.99. The van der Waals surface area contributed by atoms with Crippen LogP contribution >= 0.6 is 11.9 Å². The van der Waals surface area contributed by atoms with Crippen LogP contribution in [0, 0.1) is 10.1 Å².